The van der Waals surface area contributed by atoms with Crippen LogP contribution in [0.2, 0.25) is 0 Å². The zero-order valence-corrected chi connectivity index (χ0v) is 12.9. The van der Waals surface area contributed by atoms with E-state index in [2.05, 4.69) is 15.6 Å². The molecule has 1 aliphatic rings. The number of aromatic nitrogens is 1. The first-order chi connectivity index (χ1) is 9.17. The molecular weight excluding hydrogens is 294 g/mol. The van der Waals surface area contributed by atoms with E-state index in [0.29, 0.717) is 5.13 Å². The Morgan fingerprint density at radius 2 is 2.20 bits per heavy atom. The molecule has 0 saturated carbocycles. The van der Waals surface area contributed by atoms with Crippen molar-refractivity contribution in [2.45, 2.75) is 31.7 Å². The summed E-state index contributed by atoms with van der Waals surface area (Å²) in [6, 6.07) is 7.92. The Kier molecular flexibility index (Phi) is 4.62. The molecule has 1 fully saturated rings. The number of hydrogen-bond donors (Lipinski definition) is 2. The highest BCUT2D eigenvalue weighted by Gasteiger charge is 2.34. The highest BCUT2D eigenvalue weighted by atomic mass is 35.5. The van der Waals surface area contributed by atoms with Gasteiger partial charge in [-0.15, -0.1) is 12.4 Å². The fraction of sp³-hybridized carbons (Fsp3) is 0.429. The third kappa shape index (κ3) is 2.95. The summed E-state index contributed by atoms with van der Waals surface area (Å²) in [5, 5.41) is 6.94. The third-order valence-corrected chi connectivity index (χ3v) is 4.59. The summed E-state index contributed by atoms with van der Waals surface area (Å²) in [7, 11) is 0. The molecule has 0 spiro atoms. The van der Waals surface area contributed by atoms with Crippen molar-refractivity contribution in [2.75, 3.05) is 11.9 Å². The number of carbonyl (C=O) groups is 1. The Morgan fingerprint density at radius 3 is 2.90 bits per heavy atom. The average Bonchev–Trinajstić information content (AvgIpc) is 2.81. The zero-order chi connectivity index (χ0) is 13.3. The van der Waals surface area contributed by atoms with Crippen molar-refractivity contribution in [1.82, 2.24) is 10.3 Å². The molecule has 2 aromatic rings. The van der Waals surface area contributed by atoms with E-state index >= 15 is 0 Å². The maximum atomic E-state index is 12.4. The SMILES string of the molecule is CC1(C(=O)Nc2nc3ccccc3s2)CCCCN1.Cl. The maximum Gasteiger partial charge on any atom is 0.246 e. The summed E-state index contributed by atoms with van der Waals surface area (Å²) in [6.45, 7) is 2.87. The standard InChI is InChI=1S/C14H17N3OS.ClH/c1-14(8-4-5-9-15-14)12(18)17-13-16-10-6-2-3-7-11(10)19-13;/h2-3,6-7,15H,4-5,8-9H2,1H3,(H,16,17,18);1H. The lowest BCUT2D eigenvalue weighted by Gasteiger charge is -2.33. The second kappa shape index (κ2) is 6.08. The van der Waals surface area contributed by atoms with Gasteiger partial charge in [0.2, 0.25) is 5.91 Å². The number of halogens is 1. The van der Waals surface area contributed by atoms with Gasteiger partial charge in [-0.25, -0.2) is 4.98 Å². The van der Waals surface area contributed by atoms with Crippen LogP contribution in [0.1, 0.15) is 26.2 Å². The van der Waals surface area contributed by atoms with Crippen LogP contribution in [0.4, 0.5) is 5.13 Å². The van der Waals surface area contributed by atoms with E-state index in [0.717, 1.165) is 36.0 Å². The molecule has 1 unspecified atom stereocenters. The number of benzene rings is 1. The van der Waals surface area contributed by atoms with E-state index in [1.54, 1.807) is 0 Å². The molecule has 1 aromatic heterocycles. The Labute approximate surface area is 128 Å². The highest BCUT2D eigenvalue weighted by molar-refractivity contribution is 7.22. The van der Waals surface area contributed by atoms with E-state index < -0.39 is 5.54 Å². The predicted octanol–water partition coefficient (Wildman–Crippen LogP) is 3.19. The molecule has 1 amide bonds. The Bertz CT molecular complexity index is 574. The number of anilines is 1. The lowest BCUT2D eigenvalue weighted by Crippen LogP contribution is -2.54. The topological polar surface area (TPSA) is 54.0 Å². The van der Waals surface area contributed by atoms with Gasteiger partial charge in [-0.05, 0) is 44.9 Å². The molecule has 3 rings (SSSR count). The van der Waals surface area contributed by atoms with Crippen LogP contribution >= 0.6 is 23.7 Å². The lowest BCUT2D eigenvalue weighted by atomic mass is 9.90. The maximum absolute atomic E-state index is 12.4. The quantitative estimate of drug-likeness (QED) is 0.895. The minimum atomic E-state index is -0.462. The number of amides is 1. The van der Waals surface area contributed by atoms with Gasteiger partial charge in [-0.2, -0.15) is 0 Å². The molecule has 1 aromatic carbocycles. The molecule has 2 heterocycles. The minimum Gasteiger partial charge on any atom is -0.304 e. The van der Waals surface area contributed by atoms with Crippen molar-refractivity contribution in [2.24, 2.45) is 0 Å². The fourth-order valence-electron chi connectivity index (χ4n) is 2.41. The molecule has 108 valence electrons. The van der Waals surface area contributed by atoms with E-state index in [-0.39, 0.29) is 18.3 Å². The molecule has 0 aliphatic carbocycles. The molecule has 6 heteroatoms. The summed E-state index contributed by atoms with van der Waals surface area (Å²) in [4.78, 5) is 16.8. The van der Waals surface area contributed by atoms with Crippen molar-refractivity contribution in [3.05, 3.63) is 24.3 Å². The molecule has 1 atom stereocenters. The van der Waals surface area contributed by atoms with Crippen LogP contribution in [0.5, 0.6) is 0 Å². The van der Waals surface area contributed by atoms with E-state index in [9.17, 15) is 4.79 Å². The molecule has 2 N–H and O–H groups in total. The monoisotopic (exact) mass is 311 g/mol. The first-order valence-corrected chi connectivity index (χ1v) is 7.41. The first-order valence-electron chi connectivity index (χ1n) is 6.59. The zero-order valence-electron chi connectivity index (χ0n) is 11.3. The van der Waals surface area contributed by atoms with Crippen LogP contribution in [0.25, 0.3) is 10.2 Å². The van der Waals surface area contributed by atoms with Gasteiger partial charge in [0.25, 0.3) is 0 Å². The molecule has 1 saturated heterocycles. The van der Waals surface area contributed by atoms with Crippen LogP contribution in [0.15, 0.2) is 24.3 Å². The lowest BCUT2D eigenvalue weighted by molar-refractivity contribution is -0.122. The summed E-state index contributed by atoms with van der Waals surface area (Å²) < 4.78 is 1.10. The molecule has 20 heavy (non-hydrogen) atoms. The van der Waals surface area contributed by atoms with Gasteiger partial charge < -0.3 is 10.6 Å². The first kappa shape index (κ1) is 15.2. The third-order valence-electron chi connectivity index (χ3n) is 3.63. The molecule has 4 nitrogen and oxygen atoms in total. The number of rotatable bonds is 2. The van der Waals surface area contributed by atoms with Crippen LogP contribution in [0.3, 0.4) is 0 Å². The Morgan fingerprint density at radius 1 is 1.40 bits per heavy atom. The summed E-state index contributed by atoms with van der Waals surface area (Å²) in [6.07, 6.45) is 3.12. The number of piperidine rings is 1. The summed E-state index contributed by atoms with van der Waals surface area (Å²) >= 11 is 1.52. The van der Waals surface area contributed by atoms with Gasteiger partial charge in [0.1, 0.15) is 0 Å². The van der Waals surface area contributed by atoms with Crippen molar-refractivity contribution in [1.29, 1.82) is 0 Å². The van der Waals surface area contributed by atoms with Gasteiger partial charge in [0, 0.05) is 0 Å². The molecule has 0 bridgehead atoms. The van der Waals surface area contributed by atoms with Crippen molar-refractivity contribution in [3.8, 4) is 0 Å². The van der Waals surface area contributed by atoms with Gasteiger partial charge in [0.15, 0.2) is 5.13 Å². The fourth-order valence-corrected chi connectivity index (χ4v) is 3.27. The number of hydrogen-bond acceptors (Lipinski definition) is 4. The predicted molar refractivity (Wildman–Crippen MR) is 85.8 cm³/mol. The van der Waals surface area contributed by atoms with Crippen LogP contribution < -0.4 is 10.6 Å². The number of para-hydroxylation sites is 1. The molecule has 0 radical (unpaired) electrons. The van der Waals surface area contributed by atoms with E-state index in [4.69, 9.17) is 0 Å². The highest BCUT2D eigenvalue weighted by Crippen LogP contribution is 2.27. The Balaban J connectivity index is 0.00000147. The summed E-state index contributed by atoms with van der Waals surface area (Å²) in [5.41, 5.74) is 0.473. The van der Waals surface area contributed by atoms with E-state index in [1.807, 2.05) is 31.2 Å². The number of carbonyl (C=O) groups excluding carboxylic acids is 1. The molecule has 1 aliphatic heterocycles. The van der Waals surface area contributed by atoms with E-state index in [1.165, 1.54) is 11.3 Å². The largest absolute Gasteiger partial charge is 0.304 e. The van der Waals surface area contributed by atoms with Crippen molar-refractivity contribution in [3.63, 3.8) is 0 Å². The van der Waals surface area contributed by atoms with Crippen molar-refractivity contribution < 1.29 is 4.79 Å². The smallest absolute Gasteiger partial charge is 0.246 e. The van der Waals surface area contributed by atoms with Crippen LogP contribution in [-0.4, -0.2) is 23.0 Å². The van der Waals surface area contributed by atoms with Gasteiger partial charge in [0.05, 0.1) is 15.8 Å². The number of thiazole rings is 1. The number of nitrogens with one attached hydrogen (secondary N) is 2. The second-order valence-corrected chi connectivity index (χ2v) is 6.19. The van der Waals surface area contributed by atoms with Crippen molar-refractivity contribution >= 4 is 45.0 Å². The van der Waals surface area contributed by atoms with Gasteiger partial charge >= 0.3 is 0 Å². The second-order valence-electron chi connectivity index (χ2n) is 5.16. The average molecular weight is 312 g/mol. The van der Waals surface area contributed by atoms with Gasteiger partial charge in [-0.1, -0.05) is 23.5 Å². The van der Waals surface area contributed by atoms with Gasteiger partial charge in [-0.3, -0.25) is 4.79 Å². The molecular formula is C14H18ClN3OS. The minimum absolute atomic E-state index is 0. The normalized spacial score (nSPS) is 22.2. The number of nitrogens with zero attached hydrogens (tertiary/aromatic N) is 1. The summed E-state index contributed by atoms with van der Waals surface area (Å²) in [5.74, 6) is 0.0197. The van der Waals surface area contributed by atoms with Crippen LogP contribution in [-0.2, 0) is 4.79 Å². The van der Waals surface area contributed by atoms with Crippen LogP contribution in [0, 0.1) is 0 Å². The Hall–Kier alpha value is -1.17. The number of fused-ring (bicyclic) bond motifs is 1.